The number of allylic oxidation sites excluding steroid dienone is 1. The van der Waals surface area contributed by atoms with Gasteiger partial charge in [0.15, 0.2) is 5.58 Å². The number of carbonyl (C=O) groups is 1. The predicted molar refractivity (Wildman–Crippen MR) is 117 cm³/mol. The number of esters is 1. The Morgan fingerprint density at radius 1 is 1.20 bits per heavy atom. The van der Waals surface area contributed by atoms with E-state index >= 15 is 0 Å². The summed E-state index contributed by atoms with van der Waals surface area (Å²) < 4.78 is 17.0. The first-order chi connectivity index (χ1) is 14.4. The number of halogens is 1. The van der Waals surface area contributed by atoms with Crippen LogP contribution in [-0.2, 0) is 16.6 Å². The van der Waals surface area contributed by atoms with Gasteiger partial charge in [-0.1, -0.05) is 23.7 Å². The van der Waals surface area contributed by atoms with Crippen molar-refractivity contribution >= 4 is 34.1 Å². The number of nitrogens with zero attached hydrogens (tertiary/aromatic N) is 1. The van der Waals surface area contributed by atoms with Gasteiger partial charge in [0.2, 0.25) is 0 Å². The molecule has 0 spiro atoms. The summed E-state index contributed by atoms with van der Waals surface area (Å²) in [5.74, 6) is 0.419. The Kier molecular flexibility index (Phi) is 6.67. The number of benzene rings is 2. The molecule has 158 valence electrons. The van der Waals surface area contributed by atoms with E-state index in [9.17, 15) is 9.59 Å². The second-order valence-corrected chi connectivity index (χ2v) is 7.37. The third kappa shape index (κ3) is 4.28. The highest BCUT2D eigenvalue weighted by Gasteiger charge is 2.18. The first-order valence-corrected chi connectivity index (χ1v) is 9.96. The summed E-state index contributed by atoms with van der Waals surface area (Å²) in [6, 6.07) is 9.13. The van der Waals surface area contributed by atoms with Crippen LogP contribution in [-0.4, -0.2) is 24.9 Å². The molecule has 0 bridgehead atoms. The summed E-state index contributed by atoms with van der Waals surface area (Å²) in [6.07, 6.45) is 3.64. The maximum Gasteiger partial charge on any atom is 0.305 e. The van der Waals surface area contributed by atoms with E-state index in [0.717, 1.165) is 22.3 Å². The van der Waals surface area contributed by atoms with E-state index in [1.54, 1.807) is 26.3 Å². The molecule has 30 heavy (non-hydrogen) atoms. The number of hydrogen-bond acceptors (Lipinski definition) is 5. The fourth-order valence-electron chi connectivity index (χ4n) is 3.52. The Labute approximate surface area is 179 Å². The van der Waals surface area contributed by atoms with Gasteiger partial charge in [-0.2, -0.15) is 4.74 Å². The standard InChI is InChI=1S/C23H24ClNO5/c1-14-16(10-12-20-22(14)23(27)25(2)30-20)17(7-5-6-8-21(26)29-4)18-13-15(24)9-11-19(18)28-3/h7,9-13H,5-6,8H2,1-4H3. The van der Waals surface area contributed by atoms with Gasteiger partial charge in [-0.3, -0.25) is 9.59 Å². The third-order valence-corrected chi connectivity index (χ3v) is 5.30. The molecule has 0 saturated carbocycles. The zero-order valence-corrected chi connectivity index (χ0v) is 18.2. The largest absolute Gasteiger partial charge is 0.496 e. The molecule has 0 aliphatic carbocycles. The summed E-state index contributed by atoms with van der Waals surface area (Å²) in [7, 11) is 4.57. The quantitative estimate of drug-likeness (QED) is 0.395. The molecule has 0 atom stereocenters. The van der Waals surface area contributed by atoms with Crippen molar-refractivity contribution in [3.8, 4) is 5.75 Å². The first-order valence-electron chi connectivity index (χ1n) is 9.58. The van der Waals surface area contributed by atoms with Crippen LogP contribution in [0.4, 0.5) is 0 Å². The van der Waals surface area contributed by atoms with Gasteiger partial charge in [0.05, 0.1) is 19.6 Å². The zero-order chi connectivity index (χ0) is 21.8. The second kappa shape index (κ2) is 9.22. The van der Waals surface area contributed by atoms with Crippen molar-refractivity contribution in [2.75, 3.05) is 14.2 Å². The molecule has 0 unspecified atom stereocenters. The molecule has 0 radical (unpaired) electrons. The van der Waals surface area contributed by atoms with Gasteiger partial charge in [0.25, 0.3) is 5.56 Å². The van der Waals surface area contributed by atoms with Crippen LogP contribution in [0.3, 0.4) is 0 Å². The van der Waals surface area contributed by atoms with Gasteiger partial charge in [0.1, 0.15) is 5.75 Å². The lowest BCUT2D eigenvalue weighted by Crippen LogP contribution is -2.10. The average Bonchev–Trinajstić information content (AvgIpc) is 3.03. The smallest absolute Gasteiger partial charge is 0.305 e. The van der Waals surface area contributed by atoms with Crippen molar-refractivity contribution in [2.45, 2.75) is 26.2 Å². The minimum atomic E-state index is -0.246. The minimum absolute atomic E-state index is 0.188. The van der Waals surface area contributed by atoms with Crippen molar-refractivity contribution in [2.24, 2.45) is 7.05 Å². The van der Waals surface area contributed by atoms with Crippen LogP contribution in [0.5, 0.6) is 5.75 Å². The van der Waals surface area contributed by atoms with Gasteiger partial charge in [-0.25, -0.2) is 0 Å². The third-order valence-electron chi connectivity index (χ3n) is 5.06. The van der Waals surface area contributed by atoms with Crippen LogP contribution in [0.15, 0.2) is 45.7 Å². The average molecular weight is 430 g/mol. The van der Waals surface area contributed by atoms with E-state index in [-0.39, 0.29) is 11.5 Å². The zero-order valence-electron chi connectivity index (χ0n) is 17.5. The lowest BCUT2D eigenvalue weighted by Gasteiger charge is -2.16. The number of unbranched alkanes of at least 4 members (excludes halogenated alkanes) is 1. The number of rotatable bonds is 7. The van der Waals surface area contributed by atoms with Gasteiger partial charge in [-0.05, 0) is 60.7 Å². The fourth-order valence-corrected chi connectivity index (χ4v) is 3.69. The Bertz CT molecular complexity index is 1170. The Morgan fingerprint density at radius 2 is 1.97 bits per heavy atom. The Morgan fingerprint density at radius 3 is 2.67 bits per heavy atom. The molecule has 0 amide bonds. The Hall–Kier alpha value is -2.99. The summed E-state index contributed by atoms with van der Waals surface area (Å²) in [6.45, 7) is 1.90. The molecule has 7 heteroatoms. The monoisotopic (exact) mass is 429 g/mol. The number of aryl methyl sites for hydroxylation is 2. The fraction of sp³-hybridized carbons (Fsp3) is 0.304. The number of carbonyl (C=O) groups excluding carboxylic acids is 1. The van der Waals surface area contributed by atoms with Gasteiger partial charge < -0.3 is 14.0 Å². The molecule has 6 nitrogen and oxygen atoms in total. The van der Waals surface area contributed by atoms with Crippen LogP contribution in [0.1, 0.15) is 36.0 Å². The Balaban J connectivity index is 2.15. The molecule has 3 aromatic rings. The normalized spacial score (nSPS) is 11.7. The minimum Gasteiger partial charge on any atom is -0.496 e. The molecule has 0 fully saturated rings. The SMILES string of the molecule is COC(=O)CCCC=C(c1cc(Cl)ccc1OC)c1ccc2on(C)c(=O)c2c1C. The molecule has 0 saturated heterocycles. The van der Waals surface area contributed by atoms with Gasteiger partial charge in [-0.15, -0.1) is 0 Å². The number of aromatic nitrogens is 1. The second-order valence-electron chi connectivity index (χ2n) is 6.94. The summed E-state index contributed by atoms with van der Waals surface area (Å²) in [5.41, 5.74) is 3.72. The molecule has 0 aliphatic heterocycles. The summed E-state index contributed by atoms with van der Waals surface area (Å²) >= 11 is 6.28. The van der Waals surface area contributed by atoms with Crippen LogP contribution in [0, 0.1) is 6.92 Å². The van der Waals surface area contributed by atoms with Crippen LogP contribution in [0.2, 0.25) is 5.02 Å². The van der Waals surface area contributed by atoms with E-state index in [0.29, 0.717) is 41.0 Å². The lowest BCUT2D eigenvalue weighted by molar-refractivity contribution is -0.140. The number of hydrogen-bond donors (Lipinski definition) is 0. The summed E-state index contributed by atoms with van der Waals surface area (Å²) in [4.78, 5) is 24.0. The van der Waals surface area contributed by atoms with Crippen molar-refractivity contribution in [1.82, 2.24) is 4.74 Å². The number of fused-ring (bicyclic) bond motifs is 1. The highest BCUT2D eigenvalue weighted by atomic mass is 35.5. The molecule has 0 N–H and O–H groups in total. The molecule has 0 aliphatic rings. The maximum absolute atomic E-state index is 12.6. The summed E-state index contributed by atoms with van der Waals surface area (Å²) in [5, 5.41) is 1.11. The van der Waals surface area contributed by atoms with Crippen LogP contribution < -0.4 is 10.3 Å². The molecular formula is C23H24ClNO5. The molecular weight excluding hydrogens is 406 g/mol. The maximum atomic E-state index is 12.6. The van der Waals surface area contributed by atoms with E-state index < -0.39 is 0 Å². The van der Waals surface area contributed by atoms with Gasteiger partial charge in [0, 0.05) is 24.1 Å². The van der Waals surface area contributed by atoms with Crippen molar-refractivity contribution in [1.29, 1.82) is 0 Å². The molecule has 2 aromatic carbocycles. The topological polar surface area (TPSA) is 70.7 Å². The van der Waals surface area contributed by atoms with Crippen molar-refractivity contribution in [3.05, 3.63) is 68.5 Å². The number of ether oxygens (including phenoxy) is 2. The lowest BCUT2D eigenvalue weighted by atomic mass is 9.91. The van der Waals surface area contributed by atoms with E-state index in [1.807, 2.05) is 31.2 Å². The van der Waals surface area contributed by atoms with Gasteiger partial charge >= 0.3 is 5.97 Å². The van der Waals surface area contributed by atoms with E-state index in [2.05, 4.69) is 0 Å². The molecule has 1 aromatic heterocycles. The van der Waals surface area contributed by atoms with E-state index in [1.165, 1.54) is 11.8 Å². The number of methoxy groups -OCH3 is 2. The van der Waals surface area contributed by atoms with Crippen molar-refractivity contribution < 1.29 is 18.8 Å². The highest BCUT2D eigenvalue weighted by Crippen LogP contribution is 2.36. The predicted octanol–water partition coefficient (Wildman–Crippen LogP) is 4.88. The molecule has 1 heterocycles. The first kappa shape index (κ1) is 21.7. The van der Waals surface area contributed by atoms with Crippen LogP contribution in [0.25, 0.3) is 16.5 Å². The van der Waals surface area contributed by atoms with Crippen molar-refractivity contribution in [3.63, 3.8) is 0 Å². The van der Waals surface area contributed by atoms with Crippen LogP contribution >= 0.6 is 11.6 Å². The highest BCUT2D eigenvalue weighted by molar-refractivity contribution is 6.30. The molecule has 3 rings (SSSR count). The van der Waals surface area contributed by atoms with E-state index in [4.69, 9.17) is 25.6 Å².